The van der Waals surface area contributed by atoms with Crippen LogP contribution in [0.4, 0.5) is 0 Å². The van der Waals surface area contributed by atoms with Crippen molar-refractivity contribution < 1.29 is 4.79 Å². The molecule has 108 valence electrons. The molecule has 0 aromatic carbocycles. The van der Waals surface area contributed by atoms with E-state index in [9.17, 15) is 4.79 Å². The fourth-order valence-electron chi connectivity index (χ4n) is 2.09. The predicted octanol–water partition coefficient (Wildman–Crippen LogP) is 2.31. The van der Waals surface area contributed by atoms with Crippen molar-refractivity contribution >= 4 is 41.4 Å². The SMILES string of the molecule is CC(Cc1cccs1)NC(=O)CC1CSCCN1.Cl. The largest absolute Gasteiger partial charge is 0.353 e. The van der Waals surface area contributed by atoms with E-state index in [0.717, 1.165) is 24.5 Å². The van der Waals surface area contributed by atoms with Crippen molar-refractivity contribution in [1.82, 2.24) is 10.6 Å². The molecule has 19 heavy (non-hydrogen) atoms. The van der Waals surface area contributed by atoms with E-state index in [2.05, 4.69) is 35.1 Å². The summed E-state index contributed by atoms with van der Waals surface area (Å²) in [6.45, 7) is 3.09. The first-order valence-corrected chi connectivity index (χ1v) is 8.40. The molecule has 0 spiro atoms. The third-order valence-electron chi connectivity index (χ3n) is 2.93. The average molecular weight is 321 g/mol. The Balaban J connectivity index is 0.00000180. The van der Waals surface area contributed by atoms with E-state index >= 15 is 0 Å². The number of rotatable bonds is 5. The number of thioether (sulfide) groups is 1. The van der Waals surface area contributed by atoms with E-state index in [0.29, 0.717) is 12.5 Å². The highest BCUT2D eigenvalue weighted by Gasteiger charge is 2.17. The summed E-state index contributed by atoms with van der Waals surface area (Å²) in [5.74, 6) is 2.37. The van der Waals surface area contributed by atoms with Crippen molar-refractivity contribution in [2.75, 3.05) is 18.1 Å². The lowest BCUT2D eigenvalue weighted by Crippen LogP contribution is -2.43. The molecule has 0 saturated carbocycles. The fraction of sp³-hybridized carbons (Fsp3) is 0.615. The summed E-state index contributed by atoms with van der Waals surface area (Å²) in [5.41, 5.74) is 0. The molecule has 1 amide bonds. The lowest BCUT2D eigenvalue weighted by atomic mass is 10.1. The van der Waals surface area contributed by atoms with E-state index in [1.807, 2.05) is 11.8 Å². The van der Waals surface area contributed by atoms with Crippen molar-refractivity contribution in [1.29, 1.82) is 0 Å². The van der Waals surface area contributed by atoms with Crippen LogP contribution in [0.3, 0.4) is 0 Å². The van der Waals surface area contributed by atoms with Crippen molar-refractivity contribution in [2.45, 2.75) is 31.8 Å². The summed E-state index contributed by atoms with van der Waals surface area (Å²) >= 11 is 3.67. The van der Waals surface area contributed by atoms with Gasteiger partial charge in [-0.05, 0) is 18.4 Å². The Morgan fingerprint density at radius 2 is 2.47 bits per heavy atom. The molecule has 3 nitrogen and oxygen atoms in total. The average Bonchev–Trinajstić information content (AvgIpc) is 2.82. The summed E-state index contributed by atoms with van der Waals surface area (Å²) in [6, 6.07) is 4.73. The number of carbonyl (C=O) groups excluding carboxylic acids is 1. The van der Waals surface area contributed by atoms with Crippen LogP contribution in [0, 0.1) is 0 Å². The van der Waals surface area contributed by atoms with Gasteiger partial charge < -0.3 is 10.6 Å². The van der Waals surface area contributed by atoms with Gasteiger partial charge in [0.25, 0.3) is 0 Å². The number of amides is 1. The van der Waals surface area contributed by atoms with E-state index in [1.54, 1.807) is 11.3 Å². The van der Waals surface area contributed by atoms with E-state index < -0.39 is 0 Å². The van der Waals surface area contributed by atoms with Crippen LogP contribution in [0.15, 0.2) is 17.5 Å². The maximum atomic E-state index is 11.9. The molecular weight excluding hydrogens is 300 g/mol. The molecule has 0 aliphatic carbocycles. The van der Waals surface area contributed by atoms with Crippen LogP contribution in [0.1, 0.15) is 18.2 Å². The summed E-state index contributed by atoms with van der Waals surface area (Å²) < 4.78 is 0. The van der Waals surface area contributed by atoms with Gasteiger partial charge in [-0.2, -0.15) is 11.8 Å². The second-order valence-corrected chi connectivity index (χ2v) is 6.86. The first-order valence-electron chi connectivity index (χ1n) is 6.37. The molecule has 1 fully saturated rings. The minimum Gasteiger partial charge on any atom is -0.353 e. The highest BCUT2D eigenvalue weighted by molar-refractivity contribution is 7.99. The highest BCUT2D eigenvalue weighted by Crippen LogP contribution is 2.12. The van der Waals surface area contributed by atoms with Crippen molar-refractivity contribution in [3.8, 4) is 0 Å². The molecule has 0 radical (unpaired) electrons. The van der Waals surface area contributed by atoms with Gasteiger partial charge in [-0.3, -0.25) is 4.79 Å². The van der Waals surface area contributed by atoms with Crippen LogP contribution in [-0.4, -0.2) is 36.0 Å². The molecule has 2 rings (SSSR count). The second kappa shape index (κ2) is 8.84. The number of nitrogens with one attached hydrogen (secondary N) is 2. The number of hydrogen-bond donors (Lipinski definition) is 2. The summed E-state index contributed by atoms with van der Waals surface area (Å²) in [5, 5.41) is 8.55. The lowest BCUT2D eigenvalue weighted by Gasteiger charge is -2.23. The Kier molecular flexibility index (Phi) is 7.83. The van der Waals surface area contributed by atoms with Crippen molar-refractivity contribution in [3.63, 3.8) is 0 Å². The van der Waals surface area contributed by atoms with Crippen LogP contribution in [0.25, 0.3) is 0 Å². The van der Waals surface area contributed by atoms with Crippen LogP contribution < -0.4 is 10.6 Å². The van der Waals surface area contributed by atoms with Gasteiger partial charge in [-0.25, -0.2) is 0 Å². The molecule has 0 bridgehead atoms. The zero-order chi connectivity index (χ0) is 12.8. The molecule has 1 aliphatic rings. The Hall–Kier alpha value is -0.230. The standard InChI is InChI=1S/C13H20N2OS2.ClH/c1-10(7-12-3-2-5-18-12)15-13(16)8-11-9-17-6-4-14-11;/h2-3,5,10-11,14H,4,6-9H2,1H3,(H,15,16);1H. The van der Waals surface area contributed by atoms with E-state index in [4.69, 9.17) is 0 Å². The maximum Gasteiger partial charge on any atom is 0.221 e. The number of halogens is 1. The minimum absolute atomic E-state index is 0. The Bertz CT molecular complexity index is 367. The number of thiophene rings is 1. The van der Waals surface area contributed by atoms with Crippen LogP contribution in [0.5, 0.6) is 0 Å². The van der Waals surface area contributed by atoms with Gasteiger partial charge in [0, 0.05) is 47.9 Å². The number of hydrogen-bond acceptors (Lipinski definition) is 4. The highest BCUT2D eigenvalue weighted by atomic mass is 35.5. The molecule has 2 N–H and O–H groups in total. The quantitative estimate of drug-likeness (QED) is 0.875. The Morgan fingerprint density at radius 1 is 1.63 bits per heavy atom. The van der Waals surface area contributed by atoms with Crippen molar-refractivity contribution in [2.24, 2.45) is 0 Å². The lowest BCUT2D eigenvalue weighted by molar-refractivity contribution is -0.122. The summed E-state index contributed by atoms with van der Waals surface area (Å²) in [4.78, 5) is 13.2. The fourth-order valence-corrected chi connectivity index (χ4v) is 3.87. The third kappa shape index (κ3) is 6.17. The topological polar surface area (TPSA) is 41.1 Å². The first-order chi connectivity index (χ1) is 8.74. The van der Waals surface area contributed by atoms with Gasteiger partial charge >= 0.3 is 0 Å². The number of carbonyl (C=O) groups is 1. The first kappa shape index (κ1) is 16.8. The van der Waals surface area contributed by atoms with E-state index in [-0.39, 0.29) is 24.4 Å². The van der Waals surface area contributed by atoms with Gasteiger partial charge in [-0.15, -0.1) is 23.7 Å². The van der Waals surface area contributed by atoms with Gasteiger partial charge in [0.15, 0.2) is 0 Å². The monoisotopic (exact) mass is 320 g/mol. The molecule has 1 aromatic heterocycles. The van der Waals surface area contributed by atoms with Crippen LogP contribution in [0.2, 0.25) is 0 Å². The molecule has 2 atom stereocenters. The maximum absolute atomic E-state index is 11.9. The normalized spacial score (nSPS) is 20.4. The van der Waals surface area contributed by atoms with Gasteiger partial charge in [0.05, 0.1) is 0 Å². The molecule has 1 aliphatic heterocycles. The Morgan fingerprint density at radius 3 is 3.11 bits per heavy atom. The van der Waals surface area contributed by atoms with Crippen LogP contribution in [-0.2, 0) is 11.2 Å². The molecule has 6 heteroatoms. The van der Waals surface area contributed by atoms with Gasteiger partial charge in [-0.1, -0.05) is 6.07 Å². The van der Waals surface area contributed by atoms with Crippen LogP contribution >= 0.6 is 35.5 Å². The zero-order valence-corrected chi connectivity index (χ0v) is 13.5. The predicted molar refractivity (Wildman–Crippen MR) is 86.6 cm³/mol. The second-order valence-electron chi connectivity index (χ2n) is 4.68. The molecule has 2 heterocycles. The Labute approximate surface area is 129 Å². The van der Waals surface area contributed by atoms with Gasteiger partial charge in [0.2, 0.25) is 5.91 Å². The molecular formula is C13H21ClN2OS2. The smallest absolute Gasteiger partial charge is 0.221 e. The zero-order valence-electron chi connectivity index (χ0n) is 11.1. The van der Waals surface area contributed by atoms with E-state index in [1.165, 1.54) is 4.88 Å². The molecule has 1 aromatic rings. The molecule has 2 unspecified atom stereocenters. The summed E-state index contributed by atoms with van der Waals surface area (Å²) in [7, 11) is 0. The van der Waals surface area contributed by atoms with Gasteiger partial charge in [0.1, 0.15) is 0 Å². The third-order valence-corrected chi connectivity index (χ3v) is 4.95. The van der Waals surface area contributed by atoms with Crippen molar-refractivity contribution in [3.05, 3.63) is 22.4 Å². The minimum atomic E-state index is 0. The summed E-state index contributed by atoms with van der Waals surface area (Å²) in [6.07, 6.45) is 1.53. The molecule has 1 saturated heterocycles.